The van der Waals surface area contributed by atoms with Crippen molar-refractivity contribution in [3.8, 4) is 22.6 Å². The molecular formula is C23H23N3O6. The zero-order valence-corrected chi connectivity index (χ0v) is 17.5. The Kier molecular flexibility index (Phi) is 6.79. The fourth-order valence-corrected chi connectivity index (χ4v) is 3.21. The number of aromatic hydroxyl groups is 1. The van der Waals surface area contributed by atoms with Crippen molar-refractivity contribution in [3.63, 3.8) is 0 Å². The van der Waals surface area contributed by atoms with Crippen LogP contribution in [0.4, 0.5) is 10.5 Å². The van der Waals surface area contributed by atoms with Crippen LogP contribution in [0.2, 0.25) is 0 Å². The Morgan fingerprint density at radius 1 is 1.09 bits per heavy atom. The van der Waals surface area contributed by atoms with E-state index >= 15 is 0 Å². The number of rotatable bonds is 7. The van der Waals surface area contributed by atoms with Gasteiger partial charge < -0.3 is 30.2 Å². The summed E-state index contributed by atoms with van der Waals surface area (Å²) in [5.41, 5.74) is 1.34. The van der Waals surface area contributed by atoms with Crippen LogP contribution in [0.1, 0.15) is 18.0 Å². The van der Waals surface area contributed by atoms with E-state index in [4.69, 9.17) is 4.74 Å². The molecular weight excluding hydrogens is 414 g/mol. The average molecular weight is 437 g/mol. The predicted octanol–water partition coefficient (Wildman–Crippen LogP) is 3.10. The maximum Gasteiger partial charge on any atom is 0.319 e. The summed E-state index contributed by atoms with van der Waals surface area (Å²) < 4.78 is 6.45. The standard InChI is InChI=1S/C23H23N3O6/c1-26-10-9-19(27)21(22(26)30)25-23(31)24-18(13-20(28)29)16-7-3-5-14(11-16)15-6-4-8-17(12-15)32-2/h3-12,18,27H,13H2,1-2H3,(H,28,29)(H2,24,25,31). The number of aromatic nitrogens is 1. The molecule has 3 rings (SSSR count). The number of pyridine rings is 1. The number of carbonyl (C=O) groups is 2. The van der Waals surface area contributed by atoms with Gasteiger partial charge in [0.2, 0.25) is 0 Å². The van der Waals surface area contributed by atoms with Crippen molar-refractivity contribution in [1.82, 2.24) is 9.88 Å². The van der Waals surface area contributed by atoms with Crippen molar-refractivity contribution >= 4 is 17.7 Å². The molecule has 9 heteroatoms. The first-order valence-electron chi connectivity index (χ1n) is 9.70. The first-order valence-corrected chi connectivity index (χ1v) is 9.70. The van der Waals surface area contributed by atoms with E-state index in [1.807, 2.05) is 30.3 Å². The summed E-state index contributed by atoms with van der Waals surface area (Å²) in [7, 11) is 3.04. The lowest BCUT2D eigenvalue weighted by Gasteiger charge is -2.19. The molecule has 1 aromatic heterocycles. The lowest BCUT2D eigenvalue weighted by molar-refractivity contribution is -0.137. The molecule has 0 bridgehead atoms. The number of aryl methyl sites for hydroxylation is 1. The Balaban J connectivity index is 1.87. The van der Waals surface area contributed by atoms with Gasteiger partial charge in [0, 0.05) is 13.2 Å². The van der Waals surface area contributed by atoms with E-state index in [0.29, 0.717) is 11.3 Å². The smallest absolute Gasteiger partial charge is 0.319 e. The van der Waals surface area contributed by atoms with Gasteiger partial charge in [-0.15, -0.1) is 0 Å². The van der Waals surface area contributed by atoms with E-state index in [0.717, 1.165) is 11.1 Å². The molecule has 2 amide bonds. The molecule has 4 N–H and O–H groups in total. The largest absolute Gasteiger partial charge is 0.505 e. The molecule has 0 aliphatic rings. The Hall–Kier alpha value is -4.27. The van der Waals surface area contributed by atoms with Crippen molar-refractivity contribution in [2.24, 2.45) is 7.05 Å². The number of nitrogens with zero attached hydrogens (tertiary/aromatic N) is 1. The van der Waals surface area contributed by atoms with E-state index < -0.39 is 29.4 Å². The molecule has 1 unspecified atom stereocenters. The number of amides is 2. The third-order valence-electron chi connectivity index (χ3n) is 4.86. The van der Waals surface area contributed by atoms with Gasteiger partial charge >= 0.3 is 12.0 Å². The summed E-state index contributed by atoms with van der Waals surface area (Å²) in [5.74, 6) is -0.824. The van der Waals surface area contributed by atoms with Gasteiger partial charge in [-0.1, -0.05) is 30.3 Å². The van der Waals surface area contributed by atoms with E-state index in [9.17, 15) is 24.6 Å². The zero-order valence-electron chi connectivity index (χ0n) is 17.5. The van der Waals surface area contributed by atoms with Gasteiger partial charge in [0.1, 0.15) is 11.5 Å². The third-order valence-corrected chi connectivity index (χ3v) is 4.86. The number of anilines is 1. The van der Waals surface area contributed by atoms with Crippen LogP contribution in [0.15, 0.2) is 65.6 Å². The maximum atomic E-state index is 12.5. The number of methoxy groups -OCH3 is 1. The van der Waals surface area contributed by atoms with Gasteiger partial charge in [0.05, 0.1) is 19.6 Å². The van der Waals surface area contributed by atoms with Crippen molar-refractivity contribution in [2.75, 3.05) is 12.4 Å². The van der Waals surface area contributed by atoms with Crippen LogP contribution in [-0.2, 0) is 11.8 Å². The molecule has 0 aliphatic carbocycles. The number of benzene rings is 2. The number of urea groups is 1. The van der Waals surface area contributed by atoms with Crippen molar-refractivity contribution < 1.29 is 24.5 Å². The molecule has 0 radical (unpaired) electrons. The van der Waals surface area contributed by atoms with Gasteiger partial charge in [-0.2, -0.15) is 0 Å². The minimum Gasteiger partial charge on any atom is -0.505 e. The minimum absolute atomic E-state index is 0.299. The molecule has 0 saturated heterocycles. The topological polar surface area (TPSA) is 130 Å². The summed E-state index contributed by atoms with van der Waals surface area (Å²) in [6.45, 7) is 0. The second-order valence-corrected chi connectivity index (χ2v) is 7.10. The van der Waals surface area contributed by atoms with Gasteiger partial charge in [0.15, 0.2) is 5.69 Å². The monoisotopic (exact) mass is 437 g/mol. The number of ether oxygens (including phenoxy) is 1. The highest BCUT2D eigenvalue weighted by Crippen LogP contribution is 2.27. The number of aliphatic carboxylic acids is 1. The quantitative estimate of drug-likeness (QED) is 0.449. The molecule has 1 atom stereocenters. The molecule has 0 spiro atoms. The Labute approximate surface area is 183 Å². The lowest BCUT2D eigenvalue weighted by atomic mass is 9.98. The van der Waals surface area contributed by atoms with E-state index in [1.54, 1.807) is 25.3 Å². The summed E-state index contributed by atoms with van der Waals surface area (Å²) in [6.07, 6.45) is 0.978. The molecule has 1 heterocycles. The van der Waals surface area contributed by atoms with Crippen molar-refractivity contribution in [2.45, 2.75) is 12.5 Å². The molecule has 0 aliphatic heterocycles. The fraction of sp³-hybridized carbons (Fsp3) is 0.174. The zero-order chi connectivity index (χ0) is 23.3. The van der Waals surface area contributed by atoms with Crippen LogP contribution in [0.3, 0.4) is 0 Å². The second-order valence-electron chi connectivity index (χ2n) is 7.10. The highest BCUT2D eigenvalue weighted by atomic mass is 16.5. The number of carboxylic acids is 1. The number of nitrogens with one attached hydrogen (secondary N) is 2. The Morgan fingerprint density at radius 3 is 2.47 bits per heavy atom. The van der Waals surface area contributed by atoms with Gasteiger partial charge in [0.25, 0.3) is 5.56 Å². The first-order chi connectivity index (χ1) is 15.3. The van der Waals surface area contributed by atoms with Crippen LogP contribution >= 0.6 is 0 Å². The summed E-state index contributed by atoms with van der Waals surface area (Å²) >= 11 is 0. The number of hydrogen-bond acceptors (Lipinski definition) is 5. The summed E-state index contributed by atoms with van der Waals surface area (Å²) in [6, 6.07) is 14.1. The van der Waals surface area contributed by atoms with E-state index in [-0.39, 0.29) is 12.1 Å². The third kappa shape index (κ3) is 5.25. The van der Waals surface area contributed by atoms with Gasteiger partial charge in [-0.3, -0.25) is 9.59 Å². The predicted molar refractivity (Wildman–Crippen MR) is 119 cm³/mol. The van der Waals surface area contributed by atoms with Crippen LogP contribution < -0.4 is 20.9 Å². The van der Waals surface area contributed by atoms with Crippen LogP contribution in [0.5, 0.6) is 11.5 Å². The van der Waals surface area contributed by atoms with E-state index in [2.05, 4.69) is 10.6 Å². The van der Waals surface area contributed by atoms with Gasteiger partial charge in [-0.25, -0.2) is 4.79 Å². The second kappa shape index (κ2) is 9.69. The molecule has 2 aromatic carbocycles. The van der Waals surface area contributed by atoms with Crippen LogP contribution in [-0.4, -0.2) is 33.9 Å². The highest BCUT2D eigenvalue weighted by molar-refractivity contribution is 5.91. The number of hydrogen-bond donors (Lipinski definition) is 4. The van der Waals surface area contributed by atoms with Crippen LogP contribution in [0, 0.1) is 0 Å². The molecule has 3 aromatic rings. The summed E-state index contributed by atoms with van der Waals surface area (Å²) in [4.78, 5) is 36.1. The molecule has 166 valence electrons. The number of carboxylic acid groups (broad SMARTS) is 1. The van der Waals surface area contributed by atoms with Crippen LogP contribution in [0.25, 0.3) is 11.1 Å². The van der Waals surface area contributed by atoms with Gasteiger partial charge in [-0.05, 0) is 41.0 Å². The molecule has 0 saturated carbocycles. The normalized spacial score (nSPS) is 11.4. The van der Waals surface area contributed by atoms with Crippen molar-refractivity contribution in [3.05, 3.63) is 76.7 Å². The fourth-order valence-electron chi connectivity index (χ4n) is 3.21. The minimum atomic E-state index is -1.11. The Bertz CT molecular complexity index is 1200. The lowest BCUT2D eigenvalue weighted by Crippen LogP contribution is -2.35. The number of carbonyl (C=O) groups excluding carboxylic acids is 1. The summed E-state index contributed by atoms with van der Waals surface area (Å²) in [5, 5.41) is 24.1. The maximum absolute atomic E-state index is 12.5. The SMILES string of the molecule is COc1cccc(-c2cccc(C(CC(=O)O)NC(=O)Nc3c(O)ccn(C)c3=O)c2)c1. The molecule has 0 fully saturated rings. The molecule has 9 nitrogen and oxygen atoms in total. The van der Waals surface area contributed by atoms with E-state index in [1.165, 1.54) is 23.9 Å². The highest BCUT2D eigenvalue weighted by Gasteiger charge is 2.20. The Morgan fingerprint density at radius 2 is 1.78 bits per heavy atom. The van der Waals surface area contributed by atoms with Crippen molar-refractivity contribution in [1.29, 1.82) is 0 Å². The average Bonchev–Trinajstić information content (AvgIpc) is 2.78. The first kappa shape index (κ1) is 22.4. The molecule has 32 heavy (non-hydrogen) atoms.